The van der Waals surface area contributed by atoms with Crippen LogP contribution in [0.1, 0.15) is 27.7 Å². The minimum absolute atomic E-state index is 0.0305. The molecule has 0 unspecified atom stereocenters. The van der Waals surface area contributed by atoms with Gasteiger partial charge in [-0.15, -0.1) is 11.3 Å². The Labute approximate surface area is 142 Å². The van der Waals surface area contributed by atoms with Gasteiger partial charge in [-0.3, -0.25) is 9.69 Å². The molecule has 0 atom stereocenters. The molecular formula is C15H18BrN3O2S. The van der Waals surface area contributed by atoms with Gasteiger partial charge in [0.05, 0.1) is 10.7 Å². The van der Waals surface area contributed by atoms with E-state index in [0.29, 0.717) is 10.4 Å². The molecule has 5 nitrogen and oxygen atoms in total. The molecule has 0 N–H and O–H groups in total. The minimum Gasteiger partial charge on any atom is -0.444 e. The van der Waals surface area contributed by atoms with Crippen molar-refractivity contribution in [3.8, 4) is 0 Å². The van der Waals surface area contributed by atoms with Crippen LogP contribution in [0, 0.1) is 6.92 Å². The van der Waals surface area contributed by atoms with Crippen LogP contribution >= 0.6 is 27.3 Å². The van der Waals surface area contributed by atoms with E-state index in [9.17, 15) is 4.79 Å². The number of rotatable bonds is 3. The van der Waals surface area contributed by atoms with Crippen molar-refractivity contribution in [2.45, 2.75) is 19.9 Å². The molecule has 3 rings (SSSR count). The Bertz CT molecular complexity index is 655. The molecule has 0 bridgehead atoms. The van der Waals surface area contributed by atoms with E-state index >= 15 is 0 Å². The second-order valence-electron chi connectivity index (χ2n) is 5.38. The summed E-state index contributed by atoms with van der Waals surface area (Å²) in [6.45, 7) is 6.23. The quantitative estimate of drug-likeness (QED) is 0.816. The number of aryl methyl sites for hydroxylation is 1. The third kappa shape index (κ3) is 3.77. The van der Waals surface area contributed by atoms with E-state index in [4.69, 9.17) is 4.42 Å². The monoisotopic (exact) mass is 383 g/mol. The summed E-state index contributed by atoms with van der Waals surface area (Å²) in [5.41, 5.74) is 1.12. The molecule has 0 spiro atoms. The highest BCUT2D eigenvalue weighted by Crippen LogP contribution is 2.17. The number of nitrogens with zero attached hydrogens (tertiary/aromatic N) is 3. The lowest BCUT2D eigenvalue weighted by atomic mass is 10.3. The molecule has 0 aromatic carbocycles. The standard InChI is InChI=1S/C15H18BrN3O2S/c1-11-17-12(10-22-11)9-18-5-2-6-19(8-7-18)15(20)13-3-4-14(16)21-13/h3-4,10H,2,5-9H2,1H3. The fourth-order valence-electron chi connectivity index (χ4n) is 2.63. The molecule has 7 heteroatoms. The van der Waals surface area contributed by atoms with Gasteiger partial charge >= 0.3 is 0 Å². The lowest BCUT2D eigenvalue weighted by Gasteiger charge is -2.20. The van der Waals surface area contributed by atoms with Crippen LogP contribution in [0.4, 0.5) is 0 Å². The third-order valence-corrected chi connectivity index (χ3v) is 4.96. The van der Waals surface area contributed by atoms with E-state index in [2.05, 4.69) is 31.2 Å². The van der Waals surface area contributed by atoms with Crippen molar-refractivity contribution < 1.29 is 9.21 Å². The van der Waals surface area contributed by atoms with E-state index in [1.165, 1.54) is 0 Å². The average Bonchev–Trinajstić information content (AvgIpc) is 3.02. The molecule has 1 fully saturated rings. The summed E-state index contributed by atoms with van der Waals surface area (Å²) in [5, 5.41) is 3.22. The number of furan rings is 1. The molecule has 1 aliphatic heterocycles. The Morgan fingerprint density at radius 3 is 2.91 bits per heavy atom. The second-order valence-corrected chi connectivity index (χ2v) is 7.23. The van der Waals surface area contributed by atoms with Gasteiger partial charge in [-0.1, -0.05) is 0 Å². The van der Waals surface area contributed by atoms with Crippen LogP contribution in [-0.4, -0.2) is 46.9 Å². The molecular weight excluding hydrogens is 366 g/mol. The Kier molecular flexibility index (Phi) is 4.95. The largest absolute Gasteiger partial charge is 0.444 e. The maximum absolute atomic E-state index is 12.4. The first kappa shape index (κ1) is 15.7. The maximum Gasteiger partial charge on any atom is 0.289 e. The van der Waals surface area contributed by atoms with Crippen molar-refractivity contribution in [3.63, 3.8) is 0 Å². The van der Waals surface area contributed by atoms with E-state index in [1.807, 2.05) is 11.8 Å². The first-order valence-corrected chi connectivity index (χ1v) is 8.97. The lowest BCUT2D eigenvalue weighted by Crippen LogP contribution is -2.34. The topological polar surface area (TPSA) is 49.6 Å². The fourth-order valence-corrected chi connectivity index (χ4v) is 3.54. The van der Waals surface area contributed by atoms with Crippen molar-refractivity contribution in [2.75, 3.05) is 26.2 Å². The number of amides is 1. The number of thiazole rings is 1. The van der Waals surface area contributed by atoms with Gasteiger partial charge in [-0.25, -0.2) is 4.98 Å². The Morgan fingerprint density at radius 1 is 1.36 bits per heavy atom. The summed E-state index contributed by atoms with van der Waals surface area (Å²) in [5.74, 6) is 0.368. The predicted octanol–water partition coefficient (Wildman–Crippen LogP) is 3.16. The summed E-state index contributed by atoms with van der Waals surface area (Å²) in [7, 11) is 0. The molecule has 0 saturated carbocycles. The number of halogens is 1. The number of hydrogen-bond donors (Lipinski definition) is 0. The van der Waals surface area contributed by atoms with Crippen LogP contribution in [0.25, 0.3) is 0 Å². The van der Waals surface area contributed by atoms with Crippen LogP contribution in [0.5, 0.6) is 0 Å². The van der Waals surface area contributed by atoms with Gasteiger partial charge in [-0.2, -0.15) is 0 Å². The van der Waals surface area contributed by atoms with E-state index < -0.39 is 0 Å². The molecule has 3 heterocycles. The zero-order chi connectivity index (χ0) is 15.5. The Hall–Kier alpha value is -1.18. The van der Waals surface area contributed by atoms with Gasteiger partial charge in [0.25, 0.3) is 5.91 Å². The molecule has 0 aliphatic carbocycles. The zero-order valence-electron chi connectivity index (χ0n) is 12.4. The second kappa shape index (κ2) is 6.93. The molecule has 118 valence electrons. The van der Waals surface area contributed by atoms with Crippen LogP contribution < -0.4 is 0 Å². The molecule has 2 aromatic rings. The van der Waals surface area contributed by atoms with Crippen LogP contribution in [0.2, 0.25) is 0 Å². The molecule has 0 radical (unpaired) electrons. The Morgan fingerprint density at radius 2 is 2.23 bits per heavy atom. The first-order valence-electron chi connectivity index (χ1n) is 7.30. The number of aromatic nitrogens is 1. The molecule has 2 aromatic heterocycles. The van der Waals surface area contributed by atoms with Crippen molar-refractivity contribution in [1.29, 1.82) is 0 Å². The predicted molar refractivity (Wildman–Crippen MR) is 89.1 cm³/mol. The summed E-state index contributed by atoms with van der Waals surface area (Å²) < 4.78 is 5.96. The van der Waals surface area contributed by atoms with Gasteiger partial charge in [0.2, 0.25) is 0 Å². The smallest absolute Gasteiger partial charge is 0.289 e. The highest BCUT2D eigenvalue weighted by molar-refractivity contribution is 9.10. The normalized spacial score (nSPS) is 16.7. The van der Waals surface area contributed by atoms with Crippen molar-refractivity contribution in [2.24, 2.45) is 0 Å². The Balaban J connectivity index is 1.58. The van der Waals surface area contributed by atoms with Gasteiger partial charge < -0.3 is 9.32 Å². The van der Waals surface area contributed by atoms with Gasteiger partial charge in [0.15, 0.2) is 10.4 Å². The minimum atomic E-state index is -0.0305. The fraction of sp³-hybridized carbons (Fsp3) is 0.467. The van der Waals surface area contributed by atoms with Crippen molar-refractivity contribution >= 4 is 33.2 Å². The van der Waals surface area contributed by atoms with E-state index in [1.54, 1.807) is 23.5 Å². The van der Waals surface area contributed by atoms with Gasteiger partial charge in [0.1, 0.15) is 0 Å². The number of carbonyl (C=O) groups excluding carboxylic acids is 1. The van der Waals surface area contributed by atoms with Crippen LogP contribution in [-0.2, 0) is 6.54 Å². The molecule has 1 amide bonds. The summed E-state index contributed by atoms with van der Waals surface area (Å²) in [6.07, 6.45) is 0.969. The summed E-state index contributed by atoms with van der Waals surface area (Å²) >= 11 is 4.92. The highest BCUT2D eigenvalue weighted by atomic mass is 79.9. The maximum atomic E-state index is 12.4. The average molecular weight is 384 g/mol. The van der Waals surface area contributed by atoms with Crippen LogP contribution in [0.15, 0.2) is 26.6 Å². The molecule has 1 aliphatic rings. The zero-order valence-corrected chi connectivity index (χ0v) is 14.8. The summed E-state index contributed by atoms with van der Waals surface area (Å²) in [4.78, 5) is 21.2. The van der Waals surface area contributed by atoms with E-state index in [-0.39, 0.29) is 5.91 Å². The number of carbonyl (C=O) groups is 1. The van der Waals surface area contributed by atoms with Gasteiger partial charge in [0, 0.05) is 38.1 Å². The highest BCUT2D eigenvalue weighted by Gasteiger charge is 2.22. The summed E-state index contributed by atoms with van der Waals surface area (Å²) in [6, 6.07) is 3.47. The number of hydrogen-bond acceptors (Lipinski definition) is 5. The molecule has 22 heavy (non-hydrogen) atoms. The van der Waals surface area contributed by atoms with Crippen LogP contribution in [0.3, 0.4) is 0 Å². The molecule has 1 saturated heterocycles. The first-order chi connectivity index (χ1) is 10.6. The van der Waals surface area contributed by atoms with Crippen molar-refractivity contribution in [1.82, 2.24) is 14.8 Å². The van der Waals surface area contributed by atoms with Gasteiger partial charge in [-0.05, 0) is 41.4 Å². The third-order valence-electron chi connectivity index (χ3n) is 3.71. The van der Waals surface area contributed by atoms with E-state index in [0.717, 1.165) is 49.8 Å². The SMILES string of the molecule is Cc1nc(CN2CCCN(C(=O)c3ccc(Br)o3)CC2)cs1. The van der Waals surface area contributed by atoms with Crippen molar-refractivity contribution in [3.05, 3.63) is 38.6 Å². The lowest BCUT2D eigenvalue weighted by molar-refractivity contribution is 0.0728.